The summed E-state index contributed by atoms with van der Waals surface area (Å²) in [5, 5.41) is -5.19. The molecule has 0 saturated heterocycles. The molecule has 0 aromatic heterocycles. The molecule has 0 radical (unpaired) electrons. The average molecular weight is 400 g/mol. The number of halogens is 6. The highest BCUT2D eigenvalue weighted by molar-refractivity contribution is 7.91. The van der Waals surface area contributed by atoms with Crippen molar-refractivity contribution in [2.45, 2.75) is 17.1 Å². The molecule has 142 valence electrons. The van der Waals surface area contributed by atoms with E-state index in [-0.39, 0.29) is 6.26 Å². The van der Waals surface area contributed by atoms with Crippen LogP contribution in [0, 0.1) is 0 Å². The first-order valence-corrected chi connectivity index (χ1v) is 8.65. The molecular formula is C15H10F6O4S. The molecule has 0 bridgehead atoms. The largest absolute Gasteiger partial charge is 0.422 e. The van der Waals surface area contributed by atoms with Gasteiger partial charge >= 0.3 is 23.1 Å². The lowest BCUT2D eigenvalue weighted by Gasteiger charge is -2.29. The second-order valence-corrected chi connectivity index (χ2v) is 7.39. The quantitative estimate of drug-likeness (QED) is 0.437. The van der Waals surface area contributed by atoms with Crippen LogP contribution in [0.5, 0.6) is 5.75 Å². The van der Waals surface area contributed by atoms with E-state index in [0.717, 1.165) is 12.1 Å². The SMILES string of the molecule is CS(=O)(=O)C(F)(F)C(F)(F)C(F)(F)C(=O)Oc1ccc2ccccc2c1. The van der Waals surface area contributed by atoms with E-state index >= 15 is 0 Å². The van der Waals surface area contributed by atoms with Crippen LogP contribution in [-0.4, -0.2) is 37.7 Å². The van der Waals surface area contributed by atoms with Gasteiger partial charge in [-0.1, -0.05) is 30.3 Å². The Morgan fingerprint density at radius 1 is 0.923 bits per heavy atom. The molecule has 4 nitrogen and oxygen atoms in total. The van der Waals surface area contributed by atoms with E-state index in [4.69, 9.17) is 0 Å². The highest BCUT2D eigenvalue weighted by Gasteiger charge is 2.79. The van der Waals surface area contributed by atoms with Crippen LogP contribution in [0.1, 0.15) is 0 Å². The van der Waals surface area contributed by atoms with E-state index in [0.29, 0.717) is 10.8 Å². The van der Waals surface area contributed by atoms with Crippen LogP contribution in [0.15, 0.2) is 42.5 Å². The van der Waals surface area contributed by atoms with Crippen molar-refractivity contribution in [3.05, 3.63) is 42.5 Å². The van der Waals surface area contributed by atoms with E-state index in [2.05, 4.69) is 4.74 Å². The van der Waals surface area contributed by atoms with Gasteiger partial charge in [0.1, 0.15) is 5.75 Å². The Kier molecular flexibility index (Phi) is 4.73. The Hall–Kier alpha value is -2.30. The first-order chi connectivity index (χ1) is 11.7. The van der Waals surface area contributed by atoms with E-state index in [9.17, 15) is 39.6 Å². The Morgan fingerprint density at radius 2 is 1.46 bits per heavy atom. The zero-order chi connectivity index (χ0) is 20.0. The molecule has 11 heteroatoms. The molecule has 0 N–H and O–H groups in total. The first kappa shape index (κ1) is 20.0. The van der Waals surface area contributed by atoms with Crippen LogP contribution < -0.4 is 4.74 Å². The van der Waals surface area contributed by atoms with Gasteiger partial charge in [0.25, 0.3) is 0 Å². The zero-order valence-corrected chi connectivity index (χ0v) is 13.7. The van der Waals surface area contributed by atoms with E-state index < -0.39 is 38.7 Å². The van der Waals surface area contributed by atoms with Crippen LogP contribution in [0.25, 0.3) is 10.8 Å². The summed E-state index contributed by atoms with van der Waals surface area (Å²) < 4.78 is 106. The maximum atomic E-state index is 13.7. The van der Waals surface area contributed by atoms with Gasteiger partial charge in [0.05, 0.1) is 0 Å². The third-order valence-electron chi connectivity index (χ3n) is 3.41. The summed E-state index contributed by atoms with van der Waals surface area (Å²) in [6.45, 7) is 0. The number of fused-ring (bicyclic) bond motifs is 1. The number of carbonyl (C=O) groups excluding carboxylic acids is 1. The lowest BCUT2D eigenvalue weighted by Crippen LogP contribution is -2.61. The standard InChI is InChI=1S/C15H10F6O4S/c1-26(23,24)15(20,21)14(18,19)13(16,17)12(22)25-11-7-6-9-4-2-3-5-10(9)8-11/h2-8H,1H3. The molecule has 2 rings (SSSR count). The van der Waals surface area contributed by atoms with Gasteiger partial charge in [0.2, 0.25) is 9.84 Å². The predicted octanol–water partition coefficient (Wildman–Crippen LogP) is 3.65. The van der Waals surface area contributed by atoms with Crippen molar-refractivity contribution in [3.8, 4) is 5.75 Å². The van der Waals surface area contributed by atoms with Gasteiger partial charge in [-0.25, -0.2) is 13.2 Å². The van der Waals surface area contributed by atoms with Crippen molar-refractivity contribution in [2.24, 2.45) is 0 Å². The van der Waals surface area contributed by atoms with Crippen LogP contribution in [0.2, 0.25) is 0 Å². The molecule has 0 aliphatic heterocycles. The lowest BCUT2D eigenvalue weighted by molar-refractivity contribution is -0.274. The van der Waals surface area contributed by atoms with Crippen molar-refractivity contribution in [2.75, 3.05) is 6.26 Å². The molecule has 0 aliphatic rings. The topological polar surface area (TPSA) is 60.4 Å². The summed E-state index contributed by atoms with van der Waals surface area (Å²) in [7, 11) is -5.95. The predicted molar refractivity (Wildman–Crippen MR) is 79.3 cm³/mol. The number of hydrogen-bond acceptors (Lipinski definition) is 4. The summed E-state index contributed by atoms with van der Waals surface area (Å²) in [6.07, 6.45) is -0.356. The Labute approximate surface area is 143 Å². The van der Waals surface area contributed by atoms with Gasteiger partial charge in [-0.05, 0) is 22.9 Å². The lowest BCUT2D eigenvalue weighted by atomic mass is 10.1. The van der Waals surface area contributed by atoms with Gasteiger partial charge in [-0.15, -0.1) is 0 Å². The number of esters is 1. The number of rotatable bonds is 5. The third kappa shape index (κ3) is 3.11. The van der Waals surface area contributed by atoms with Crippen molar-refractivity contribution < 1.29 is 44.3 Å². The average Bonchev–Trinajstić information content (AvgIpc) is 2.53. The van der Waals surface area contributed by atoms with E-state index in [1.807, 2.05) is 0 Å². The summed E-state index contributed by atoms with van der Waals surface area (Å²) in [6, 6.07) is 9.69. The number of carbonyl (C=O) groups is 1. The normalized spacial score (nSPS) is 13.7. The molecule has 0 spiro atoms. The summed E-state index contributed by atoms with van der Waals surface area (Å²) in [4.78, 5) is 11.4. The van der Waals surface area contributed by atoms with Crippen molar-refractivity contribution >= 4 is 26.6 Å². The smallest absolute Gasteiger partial charge is 0.413 e. The van der Waals surface area contributed by atoms with Gasteiger partial charge in [-0.3, -0.25) is 0 Å². The molecule has 0 atom stereocenters. The molecule has 0 amide bonds. The molecule has 0 fully saturated rings. The van der Waals surface area contributed by atoms with Gasteiger partial charge in [0, 0.05) is 6.26 Å². The number of ether oxygens (including phenoxy) is 1. The van der Waals surface area contributed by atoms with Crippen LogP contribution in [-0.2, 0) is 14.6 Å². The van der Waals surface area contributed by atoms with Gasteiger partial charge in [0.15, 0.2) is 0 Å². The van der Waals surface area contributed by atoms with Crippen LogP contribution >= 0.6 is 0 Å². The molecule has 0 saturated carbocycles. The van der Waals surface area contributed by atoms with Crippen molar-refractivity contribution in [1.29, 1.82) is 0 Å². The van der Waals surface area contributed by atoms with Gasteiger partial charge in [-0.2, -0.15) is 26.3 Å². The minimum atomic E-state index is -6.53. The molecule has 2 aromatic carbocycles. The molecule has 26 heavy (non-hydrogen) atoms. The fourth-order valence-electron chi connectivity index (χ4n) is 1.95. The monoisotopic (exact) mass is 400 g/mol. The maximum absolute atomic E-state index is 13.7. The molecule has 2 aromatic rings. The third-order valence-corrected chi connectivity index (χ3v) is 4.60. The fourth-order valence-corrected chi connectivity index (χ4v) is 2.54. The van der Waals surface area contributed by atoms with E-state index in [1.165, 1.54) is 12.1 Å². The second kappa shape index (κ2) is 6.15. The summed E-state index contributed by atoms with van der Waals surface area (Å²) >= 11 is 0. The number of hydrogen-bond donors (Lipinski definition) is 0. The molecule has 0 unspecified atom stereocenters. The fraction of sp³-hybridized carbons (Fsp3) is 0.267. The number of alkyl halides is 6. The minimum Gasteiger partial charge on any atom is -0.422 e. The number of benzene rings is 2. The Morgan fingerprint density at radius 3 is 2.00 bits per heavy atom. The minimum absolute atomic E-state index is 0.356. The maximum Gasteiger partial charge on any atom is 0.413 e. The van der Waals surface area contributed by atoms with Crippen LogP contribution in [0.3, 0.4) is 0 Å². The molecule has 0 aliphatic carbocycles. The Balaban J connectivity index is 2.36. The Bertz CT molecular complexity index is 956. The highest BCUT2D eigenvalue weighted by atomic mass is 32.2. The van der Waals surface area contributed by atoms with Crippen LogP contribution in [0.4, 0.5) is 26.3 Å². The van der Waals surface area contributed by atoms with Crippen molar-refractivity contribution in [1.82, 2.24) is 0 Å². The summed E-state index contributed by atoms with van der Waals surface area (Å²) in [5.74, 6) is -16.2. The summed E-state index contributed by atoms with van der Waals surface area (Å²) in [5.41, 5.74) is 0. The van der Waals surface area contributed by atoms with Gasteiger partial charge < -0.3 is 4.74 Å². The number of sulfone groups is 1. The first-order valence-electron chi connectivity index (χ1n) is 6.76. The molecular weight excluding hydrogens is 390 g/mol. The van der Waals surface area contributed by atoms with Crippen molar-refractivity contribution in [3.63, 3.8) is 0 Å². The second-order valence-electron chi connectivity index (χ2n) is 5.34. The molecule has 0 heterocycles. The zero-order valence-electron chi connectivity index (χ0n) is 12.9. The van der Waals surface area contributed by atoms with E-state index in [1.54, 1.807) is 18.2 Å². The highest BCUT2D eigenvalue weighted by Crippen LogP contribution is 2.48.